The van der Waals surface area contributed by atoms with E-state index in [0.717, 1.165) is 19.3 Å². The van der Waals surface area contributed by atoms with Crippen molar-refractivity contribution in [2.75, 3.05) is 19.8 Å². The predicted molar refractivity (Wildman–Crippen MR) is 92.5 cm³/mol. The molecule has 10 nitrogen and oxygen atoms in total. The van der Waals surface area contributed by atoms with Gasteiger partial charge in [-0.1, -0.05) is 10.2 Å². The summed E-state index contributed by atoms with van der Waals surface area (Å²) >= 11 is 0. The van der Waals surface area contributed by atoms with Gasteiger partial charge in [-0.2, -0.15) is 0 Å². The van der Waals surface area contributed by atoms with Gasteiger partial charge in [0.1, 0.15) is 0 Å². The van der Waals surface area contributed by atoms with E-state index in [-0.39, 0.29) is 30.3 Å². The molecule has 136 valence electrons. The van der Waals surface area contributed by atoms with Gasteiger partial charge in [0.05, 0.1) is 37.9 Å². The van der Waals surface area contributed by atoms with Gasteiger partial charge in [0.2, 0.25) is 0 Å². The van der Waals surface area contributed by atoms with Crippen LogP contribution in [0.25, 0.3) is 20.9 Å². The van der Waals surface area contributed by atoms with E-state index in [4.69, 9.17) is 15.8 Å². The SMILES string of the molecule is [N-]=[N+]=NCc1cc(N=[N+]=[N-])cc(C(=O)N2CC3(CCC3)OCC2CO)c1. The average molecular weight is 357 g/mol. The van der Waals surface area contributed by atoms with Crippen LogP contribution in [0.1, 0.15) is 35.2 Å². The number of ether oxygens (including phenoxy) is 1. The zero-order valence-electron chi connectivity index (χ0n) is 14.2. The van der Waals surface area contributed by atoms with Crippen LogP contribution in [-0.4, -0.2) is 47.3 Å². The van der Waals surface area contributed by atoms with Crippen molar-refractivity contribution < 1.29 is 14.6 Å². The van der Waals surface area contributed by atoms with Crippen molar-refractivity contribution in [2.24, 2.45) is 10.2 Å². The lowest BCUT2D eigenvalue weighted by Crippen LogP contribution is -2.61. The molecule has 3 rings (SSSR count). The lowest BCUT2D eigenvalue weighted by atomic mass is 9.78. The van der Waals surface area contributed by atoms with Crippen molar-refractivity contribution in [1.29, 1.82) is 0 Å². The maximum Gasteiger partial charge on any atom is 0.254 e. The number of carbonyl (C=O) groups is 1. The summed E-state index contributed by atoms with van der Waals surface area (Å²) in [5.41, 5.74) is 18.0. The first kappa shape index (κ1) is 18.0. The van der Waals surface area contributed by atoms with Crippen LogP contribution in [-0.2, 0) is 11.3 Å². The van der Waals surface area contributed by atoms with E-state index >= 15 is 0 Å². The summed E-state index contributed by atoms with van der Waals surface area (Å²) in [7, 11) is 0. The summed E-state index contributed by atoms with van der Waals surface area (Å²) in [5, 5.41) is 16.7. The highest BCUT2D eigenvalue weighted by Gasteiger charge is 2.46. The number of morpholine rings is 1. The van der Waals surface area contributed by atoms with Crippen molar-refractivity contribution in [3.63, 3.8) is 0 Å². The van der Waals surface area contributed by atoms with E-state index in [1.807, 2.05) is 0 Å². The molecule has 1 aromatic rings. The highest BCUT2D eigenvalue weighted by atomic mass is 16.5. The number of amides is 1. The maximum absolute atomic E-state index is 13.1. The molecule has 0 bridgehead atoms. The molecular formula is C16H19N7O3. The standard InChI is InChI=1S/C16H19N7O3/c17-21-19-7-11-4-12(6-13(5-11)20-22-18)15(25)23-10-16(2-1-3-16)26-9-14(23)8-24/h4-6,14,24H,1-3,7-10H2. The molecule has 1 spiro atoms. The minimum absolute atomic E-state index is 0.0437. The van der Waals surface area contributed by atoms with Gasteiger partial charge in [-0.15, -0.1) is 0 Å². The molecule has 1 saturated heterocycles. The Kier molecular flexibility index (Phi) is 5.29. The molecule has 1 unspecified atom stereocenters. The van der Waals surface area contributed by atoms with Crippen molar-refractivity contribution in [3.8, 4) is 0 Å². The number of hydrogen-bond donors (Lipinski definition) is 1. The third kappa shape index (κ3) is 3.58. The monoisotopic (exact) mass is 357 g/mol. The Morgan fingerprint density at radius 2 is 2.15 bits per heavy atom. The molecule has 1 aromatic carbocycles. The Hall–Kier alpha value is -2.77. The van der Waals surface area contributed by atoms with Crippen molar-refractivity contribution in [3.05, 3.63) is 50.2 Å². The summed E-state index contributed by atoms with van der Waals surface area (Å²) in [4.78, 5) is 20.2. The molecule has 1 heterocycles. The number of aliphatic hydroxyl groups excluding tert-OH is 1. The minimum atomic E-state index is -0.419. The third-order valence-electron chi connectivity index (χ3n) is 4.92. The van der Waals surface area contributed by atoms with Crippen molar-refractivity contribution in [1.82, 2.24) is 4.90 Å². The zero-order valence-corrected chi connectivity index (χ0v) is 14.2. The molecule has 1 atom stereocenters. The Morgan fingerprint density at radius 1 is 1.35 bits per heavy atom. The van der Waals surface area contributed by atoms with Gasteiger partial charge >= 0.3 is 0 Å². The second-order valence-electron chi connectivity index (χ2n) is 6.58. The van der Waals surface area contributed by atoms with Crippen LogP contribution in [0.3, 0.4) is 0 Å². The van der Waals surface area contributed by atoms with Crippen LogP contribution >= 0.6 is 0 Å². The molecule has 1 saturated carbocycles. The maximum atomic E-state index is 13.1. The molecule has 1 amide bonds. The first-order chi connectivity index (χ1) is 12.6. The van der Waals surface area contributed by atoms with Crippen LogP contribution in [0, 0.1) is 0 Å². The second kappa shape index (κ2) is 7.63. The topological polar surface area (TPSA) is 147 Å². The lowest BCUT2D eigenvalue weighted by molar-refractivity contribution is -0.166. The molecular weight excluding hydrogens is 338 g/mol. The molecule has 2 aliphatic rings. The Morgan fingerprint density at radius 3 is 2.77 bits per heavy atom. The van der Waals surface area contributed by atoms with E-state index in [0.29, 0.717) is 24.3 Å². The Bertz CT molecular complexity index is 795. The van der Waals surface area contributed by atoms with Gasteiger partial charge in [-0.25, -0.2) is 0 Å². The van der Waals surface area contributed by atoms with E-state index in [2.05, 4.69) is 20.1 Å². The number of benzene rings is 1. The minimum Gasteiger partial charge on any atom is -0.394 e. The molecule has 0 radical (unpaired) electrons. The number of nitrogens with zero attached hydrogens (tertiary/aromatic N) is 7. The van der Waals surface area contributed by atoms with Gasteiger partial charge in [0.25, 0.3) is 5.91 Å². The van der Waals surface area contributed by atoms with Gasteiger partial charge in [0.15, 0.2) is 0 Å². The number of hydrogen-bond acceptors (Lipinski definition) is 5. The molecule has 2 fully saturated rings. The first-order valence-electron chi connectivity index (χ1n) is 8.36. The molecule has 10 heteroatoms. The molecule has 0 aromatic heterocycles. The second-order valence-corrected chi connectivity index (χ2v) is 6.58. The normalized spacial score (nSPS) is 20.7. The fourth-order valence-electron chi connectivity index (χ4n) is 3.39. The van der Waals surface area contributed by atoms with E-state index in [1.54, 1.807) is 17.0 Å². The predicted octanol–water partition coefficient (Wildman–Crippen LogP) is 3.19. The van der Waals surface area contributed by atoms with Crippen LogP contribution in [0.5, 0.6) is 0 Å². The number of carbonyl (C=O) groups excluding carboxylic acids is 1. The Labute approximate surface area is 149 Å². The van der Waals surface area contributed by atoms with E-state index in [1.165, 1.54) is 6.07 Å². The van der Waals surface area contributed by atoms with Crippen LogP contribution in [0.4, 0.5) is 5.69 Å². The molecule has 1 N–H and O–H groups in total. The Balaban J connectivity index is 1.92. The summed E-state index contributed by atoms with van der Waals surface area (Å²) in [6.07, 6.45) is 2.86. The first-order valence-corrected chi connectivity index (χ1v) is 8.36. The molecule has 1 aliphatic carbocycles. The van der Waals surface area contributed by atoms with Gasteiger partial charge in [0, 0.05) is 21.1 Å². The van der Waals surface area contributed by atoms with E-state index in [9.17, 15) is 9.90 Å². The van der Waals surface area contributed by atoms with Crippen LogP contribution in [0.15, 0.2) is 28.4 Å². The molecule has 26 heavy (non-hydrogen) atoms. The third-order valence-corrected chi connectivity index (χ3v) is 4.92. The quantitative estimate of drug-likeness (QED) is 0.490. The highest BCUT2D eigenvalue weighted by Crippen LogP contribution is 2.39. The largest absolute Gasteiger partial charge is 0.394 e. The molecule has 1 aliphatic heterocycles. The van der Waals surface area contributed by atoms with Gasteiger partial charge in [-0.3, -0.25) is 4.79 Å². The summed E-state index contributed by atoms with van der Waals surface area (Å²) < 4.78 is 5.88. The van der Waals surface area contributed by atoms with Crippen molar-refractivity contribution >= 4 is 11.6 Å². The summed E-state index contributed by atoms with van der Waals surface area (Å²) in [6.45, 7) is 0.573. The number of rotatable bonds is 5. The fourth-order valence-corrected chi connectivity index (χ4v) is 3.39. The number of aliphatic hydroxyl groups is 1. The number of azide groups is 2. The summed E-state index contributed by atoms with van der Waals surface area (Å²) in [6, 6.07) is 4.27. The van der Waals surface area contributed by atoms with Crippen molar-refractivity contribution in [2.45, 2.75) is 37.5 Å². The van der Waals surface area contributed by atoms with Crippen LogP contribution < -0.4 is 0 Å². The smallest absolute Gasteiger partial charge is 0.254 e. The lowest BCUT2D eigenvalue weighted by Gasteiger charge is -2.51. The fraction of sp³-hybridized carbons (Fsp3) is 0.562. The van der Waals surface area contributed by atoms with E-state index < -0.39 is 6.04 Å². The summed E-state index contributed by atoms with van der Waals surface area (Å²) in [5.74, 6) is -0.268. The van der Waals surface area contributed by atoms with Crippen LogP contribution in [0.2, 0.25) is 0 Å². The highest BCUT2D eigenvalue weighted by molar-refractivity contribution is 5.95. The van der Waals surface area contributed by atoms with Gasteiger partial charge < -0.3 is 14.7 Å². The van der Waals surface area contributed by atoms with Gasteiger partial charge in [-0.05, 0) is 54.1 Å². The average Bonchev–Trinajstić information content (AvgIpc) is 2.64. The zero-order chi connectivity index (χ0) is 18.6.